The lowest BCUT2D eigenvalue weighted by molar-refractivity contribution is 0.0696. The lowest BCUT2D eigenvalue weighted by Gasteiger charge is -2.21. The second-order valence-electron chi connectivity index (χ2n) is 7.74. The van der Waals surface area contributed by atoms with E-state index in [1.807, 2.05) is 0 Å². The number of carbonyl (C=O) groups is 2. The molecule has 0 unspecified atom stereocenters. The van der Waals surface area contributed by atoms with E-state index in [2.05, 4.69) is 43.0 Å². The van der Waals surface area contributed by atoms with Crippen molar-refractivity contribution in [3.8, 4) is 0 Å². The highest BCUT2D eigenvalue weighted by Gasteiger charge is 2.44. The third-order valence-corrected chi connectivity index (χ3v) is 4.54. The second kappa shape index (κ2) is 5.65. The first-order valence-corrected chi connectivity index (χ1v) is 8.13. The maximum atomic E-state index is 12.5. The Labute approximate surface area is 146 Å². The van der Waals surface area contributed by atoms with Gasteiger partial charge in [-0.25, -0.2) is 9.78 Å². The van der Waals surface area contributed by atoms with Gasteiger partial charge in [0, 0.05) is 16.5 Å². The number of aromatic carboxylic acids is 1. The molecule has 0 atom stereocenters. The molecule has 1 aromatic heterocycles. The van der Waals surface area contributed by atoms with E-state index in [9.17, 15) is 9.59 Å². The predicted octanol–water partition coefficient (Wildman–Crippen LogP) is 3.39. The van der Waals surface area contributed by atoms with Crippen LogP contribution in [0, 0.1) is 0 Å². The molecule has 1 aliphatic carbocycles. The summed E-state index contributed by atoms with van der Waals surface area (Å²) in [6.07, 6.45) is 2.40. The summed E-state index contributed by atoms with van der Waals surface area (Å²) >= 11 is 0. The molecule has 1 aromatic carbocycles. The van der Waals surface area contributed by atoms with E-state index in [0.29, 0.717) is 5.69 Å². The number of amides is 1. The van der Waals surface area contributed by atoms with Gasteiger partial charge in [0.25, 0.3) is 5.91 Å². The summed E-state index contributed by atoms with van der Waals surface area (Å²) < 4.78 is 0. The quantitative estimate of drug-likeness (QED) is 0.894. The molecular weight excluding hydrogens is 318 g/mol. The minimum absolute atomic E-state index is 0.0728. The van der Waals surface area contributed by atoms with Gasteiger partial charge in [-0.05, 0) is 24.6 Å². The van der Waals surface area contributed by atoms with Crippen LogP contribution in [-0.2, 0) is 10.8 Å². The number of aromatic nitrogens is 2. The van der Waals surface area contributed by atoms with E-state index in [-0.39, 0.29) is 22.1 Å². The van der Waals surface area contributed by atoms with Crippen molar-refractivity contribution in [1.29, 1.82) is 0 Å². The van der Waals surface area contributed by atoms with Crippen molar-refractivity contribution in [2.45, 2.75) is 44.9 Å². The van der Waals surface area contributed by atoms with Crippen molar-refractivity contribution in [2.75, 3.05) is 5.32 Å². The van der Waals surface area contributed by atoms with Crippen LogP contribution in [0.5, 0.6) is 0 Å². The zero-order valence-electron chi connectivity index (χ0n) is 14.8. The fourth-order valence-corrected chi connectivity index (χ4v) is 3.66. The number of carboxylic acid groups (broad SMARTS) is 1. The number of benzene rings is 1. The van der Waals surface area contributed by atoms with Crippen molar-refractivity contribution in [2.24, 2.45) is 0 Å². The molecule has 3 rings (SSSR count). The van der Waals surface area contributed by atoms with Gasteiger partial charge in [0.15, 0.2) is 0 Å². The summed E-state index contributed by atoms with van der Waals surface area (Å²) in [6, 6.07) is 6.10. The SMILES string of the molecule is CC1(C)CC(C)(C)c2nc(C(=O)Nc3cccc(C(=O)O)c3)cnc21. The Morgan fingerprint density at radius 1 is 1.12 bits per heavy atom. The van der Waals surface area contributed by atoms with Crippen LogP contribution in [0.2, 0.25) is 0 Å². The lowest BCUT2D eigenvalue weighted by Crippen LogP contribution is -2.20. The maximum Gasteiger partial charge on any atom is 0.335 e. The minimum atomic E-state index is -1.04. The number of hydrogen-bond donors (Lipinski definition) is 2. The Morgan fingerprint density at radius 2 is 1.80 bits per heavy atom. The van der Waals surface area contributed by atoms with Gasteiger partial charge < -0.3 is 10.4 Å². The van der Waals surface area contributed by atoms with Crippen LogP contribution in [0.4, 0.5) is 5.69 Å². The zero-order chi connectivity index (χ0) is 18.4. The van der Waals surface area contributed by atoms with Gasteiger partial charge in [-0.1, -0.05) is 33.8 Å². The summed E-state index contributed by atoms with van der Waals surface area (Å²) in [5, 5.41) is 11.7. The first kappa shape index (κ1) is 17.1. The fraction of sp³-hybridized carbons (Fsp3) is 0.368. The summed E-state index contributed by atoms with van der Waals surface area (Å²) in [5.41, 5.74) is 2.31. The first-order chi connectivity index (χ1) is 11.6. The second-order valence-corrected chi connectivity index (χ2v) is 7.74. The molecular formula is C19H21N3O3. The molecule has 0 spiro atoms. The third-order valence-electron chi connectivity index (χ3n) is 4.54. The van der Waals surface area contributed by atoms with Gasteiger partial charge in [-0.15, -0.1) is 0 Å². The van der Waals surface area contributed by atoms with Crippen molar-refractivity contribution in [1.82, 2.24) is 9.97 Å². The number of hydrogen-bond acceptors (Lipinski definition) is 4. The molecule has 0 bridgehead atoms. The molecule has 0 saturated carbocycles. The topological polar surface area (TPSA) is 92.2 Å². The Hall–Kier alpha value is -2.76. The molecule has 1 heterocycles. The van der Waals surface area contributed by atoms with Crippen LogP contribution >= 0.6 is 0 Å². The zero-order valence-corrected chi connectivity index (χ0v) is 14.8. The van der Waals surface area contributed by atoms with Crippen molar-refractivity contribution in [3.05, 3.63) is 53.1 Å². The van der Waals surface area contributed by atoms with E-state index in [0.717, 1.165) is 17.8 Å². The lowest BCUT2D eigenvalue weighted by atomic mass is 9.83. The molecule has 1 aliphatic rings. The maximum absolute atomic E-state index is 12.5. The summed E-state index contributed by atoms with van der Waals surface area (Å²) in [5.74, 6) is -1.45. The van der Waals surface area contributed by atoms with E-state index in [4.69, 9.17) is 5.11 Å². The molecule has 6 nitrogen and oxygen atoms in total. The molecule has 130 valence electrons. The highest BCUT2D eigenvalue weighted by atomic mass is 16.4. The Morgan fingerprint density at radius 3 is 2.48 bits per heavy atom. The highest BCUT2D eigenvalue weighted by molar-refractivity contribution is 6.03. The smallest absolute Gasteiger partial charge is 0.335 e. The van der Waals surface area contributed by atoms with E-state index < -0.39 is 11.9 Å². The van der Waals surface area contributed by atoms with Gasteiger partial charge in [0.05, 0.1) is 23.1 Å². The molecule has 0 radical (unpaired) electrons. The Balaban J connectivity index is 1.90. The number of anilines is 1. The van der Waals surface area contributed by atoms with Gasteiger partial charge in [0.2, 0.25) is 0 Å². The Kier molecular flexibility index (Phi) is 3.86. The van der Waals surface area contributed by atoms with Crippen LogP contribution in [0.1, 0.15) is 66.4 Å². The molecule has 2 N–H and O–H groups in total. The van der Waals surface area contributed by atoms with Gasteiger partial charge in [0.1, 0.15) is 5.69 Å². The summed E-state index contributed by atoms with van der Waals surface area (Å²) in [7, 11) is 0. The summed E-state index contributed by atoms with van der Waals surface area (Å²) in [4.78, 5) is 32.6. The van der Waals surface area contributed by atoms with Crippen LogP contribution < -0.4 is 5.32 Å². The predicted molar refractivity (Wildman–Crippen MR) is 94.1 cm³/mol. The third kappa shape index (κ3) is 3.12. The molecule has 0 saturated heterocycles. The summed E-state index contributed by atoms with van der Waals surface area (Å²) in [6.45, 7) is 8.47. The number of nitrogens with one attached hydrogen (secondary N) is 1. The molecule has 2 aromatic rings. The number of nitrogens with zero attached hydrogens (tertiary/aromatic N) is 2. The number of rotatable bonds is 3. The van der Waals surface area contributed by atoms with E-state index in [1.54, 1.807) is 12.1 Å². The average molecular weight is 339 g/mol. The minimum Gasteiger partial charge on any atom is -0.478 e. The Bertz CT molecular complexity index is 872. The molecule has 0 aliphatic heterocycles. The number of carboxylic acids is 1. The first-order valence-electron chi connectivity index (χ1n) is 8.13. The molecule has 1 amide bonds. The van der Waals surface area contributed by atoms with Crippen LogP contribution in [0.15, 0.2) is 30.5 Å². The number of fused-ring (bicyclic) bond motifs is 1. The molecule has 6 heteroatoms. The van der Waals surface area contributed by atoms with Gasteiger partial charge in [-0.3, -0.25) is 9.78 Å². The number of carbonyl (C=O) groups excluding carboxylic acids is 1. The average Bonchev–Trinajstić information content (AvgIpc) is 2.72. The van der Waals surface area contributed by atoms with E-state index >= 15 is 0 Å². The molecule has 0 fully saturated rings. The fourth-order valence-electron chi connectivity index (χ4n) is 3.66. The van der Waals surface area contributed by atoms with Crippen molar-refractivity contribution >= 4 is 17.6 Å². The van der Waals surface area contributed by atoms with Crippen LogP contribution in [0.3, 0.4) is 0 Å². The van der Waals surface area contributed by atoms with Crippen molar-refractivity contribution < 1.29 is 14.7 Å². The van der Waals surface area contributed by atoms with Gasteiger partial charge >= 0.3 is 5.97 Å². The van der Waals surface area contributed by atoms with E-state index in [1.165, 1.54) is 18.3 Å². The van der Waals surface area contributed by atoms with Crippen LogP contribution in [-0.4, -0.2) is 27.0 Å². The molecule has 25 heavy (non-hydrogen) atoms. The van der Waals surface area contributed by atoms with Gasteiger partial charge in [-0.2, -0.15) is 0 Å². The van der Waals surface area contributed by atoms with Crippen molar-refractivity contribution in [3.63, 3.8) is 0 Å². The highest BCUT2D eigenvalue weighted by Crippen LogP contribution is 2.47. The normalized spacial score (nSPS) is 17.0. The largest absolute Gasteiger partial charge is 0.478 e. The van der Waals surface area contributed by atoms with Crippen LogP contribution in [0.25, 0.3) is 0 Å². The monoisotopic (exact) mass is 339 g/mol. The standard InChI is InChI=1S/C19H21N3O3/c1-18(2)10-19(3,4)15-14(18)20-9-13(22-15)16(23)21-12-7-5-6-11(8-12)17(24)25/h5-9H,10H2,1-4H3,(H,21,23)(H,24,25).